The van der Waals surface area contributed by atoms with E-state index in [1.54, 1.807) is 19.9 Å². The number of hydrogen-bond donors (Lipinski definition) is 2. The molecule has 31 heavy (non-hydrogen) atoms. The highest BCUT2D eigenvalue weighted by atomic mass is 32.1. The van der Waals surface area contributed by atoms with Crippen molar-refractivity contribution < 1.29 is 9.32 Å². The molecule has 154 valence electrons. The van der Waals surface area contributed by atoms with E-state index in [9.17, 15) is 4.79 Å². The van der Waals surface area contributed by atoms with Crippen LogP contribution in [0.4, 0.5) is 16.6 Å². The van der Waals surface area contributed by atoms with E-state index in [1.165, 1.54) is 11.3 Å². The van der Waals surface area contributed by atoms with E-state index in [0.717, 1.165) is 22.3 Å². The Balaban J connectivity index is 1.32. The Morgan fingerprint density at radius 2 is 2.10 bits per heavy atom. The highest BCUT2D eigenvalue weighted by molar-refractivity contribution is 7.18. The average molecular weight is 431 g/mol. The van der Waals surface area contributed by atoms with Gasteiger partial charge in [-0.25, -0.2) is 4.98 Å². The summed E-state index contributed by atoms with van der Waals surface area (Å²) in [7, 11) is 0. The van der Waals surface area contributed by atoms with Gasteiger partial charge < -0.3 is 15.2 Å². The minimum Gasteiger partial charge on any atom is -0.350 e. The zero-order valence-electron chi connectivity index (χ0n) is 16.7. The second-order valence-electron chi connectivity index (χ2n) is 7.03. The van der Waals surface area contributed by atoms with E-state index in [0.29, 0.717) is 33.9 Å². The molecule has 4 heterocycles. The Kier molecular flexibility index (Phi) is 4.75. The topological polar surface area (TPSA) is 118 Å². The van der Waals surface area contributed by atoms with Crippen molar-refractivity contribution in [2.75, 3.05) is 10.6 Å². The van der Waals surface area contributed by atoms with Crippen LogP contribution in [-0.4, -0.2) is 32.5 Å². The quantitative estimate of drug-likeness (QED) is 0.488. The zero-order valence-corrected chi connectivity index (χ0v) is 17.5. The van der Waals surface area contributed by atoms with Gasteiger partial charge in [-0.2, -0.15) is 0 Å². The van der Waals surface area contributed by atoms with Crippen LogP contribution < -0.4 is 10.6 Å². The number of amides is 1. The molecule has 1 aliphatic rings. The van der Waals surface area contributed by atoms with E-state index in [1.807, 2.05) is 36.7 Å². The van der Waals surface area contributed by atoms with Gasteiger partial charge in [0.15, 0.2) is 0 Å². The summed E-state index contributed by atoms with van der Waals surface area (Å²) in [5, 5.41) is 19.7. The third-order valence-corrected chi connectivity index (χ3v) is 5.79. The summed E-state index contributed by atoms with van der Waals surface area (Å²) in [5.41, 5.74) is 5.04. The summed E-state index contributed by atoms with van der Waals surface area (Å²) in [4.78, 5) is 21.1. The lowest BCUT2D eigenvalue weighted by molar-refractivity contribution is 0.0987. The number of fused-ring (bicyclic) bond motifs is 1. The smallest absolute Gasteiger partial charge is 0.294 e. The number of rotatable bonds is 5. The number of aliphatic imine (C=N–C) groups is 1. The molecule has 2 N–H and O–H groups in total. The monoisotopic (exact) mass is 431 g/mol. The van der Waals surface area contributed by atoms with Gasteiger partial charge in [-0.05, 0) is 32.0 Å². The van der Waals surface area contributed by atoms with Crippen molar-refractivity contribution in [2.45, 2.75) is 20.4 Å². The lowest BCUT2D eigenvalue weighted by Crippen LogP contribution is -2.12. The maximum Gasteiger partial charge on any atom is 0.294 e. The van der Waals surface area contributed by atoms with Gasteiger partial charge in [-0.1, -0.05) is 28.6 Å². The third-order valence-electron chi connectivity index (χ3n) is 4.91. The van der Waals surface area contributed by atoms with Crippen LogP contribution in [0.3, 0.4) is 0 Å². The van der Waals surface area contributed by atoms with Crippen LogP contribution in [0.1, 0.15) is 32.9 Å². The molecule has 0 spiro atoms. The molecular weight excluding hydrogens is 414 g/mol. The molecule has 0 radical (unpaired) electrons. The number of pyridine rings is 1. The standard InChI is InChI=1S/C21H17N7O2S/c1-11-12(2)28-30-18(11)19(29)24-16-5-3-4-13(6-16)20-26-27-21(31-20)25-17-7-14-8-22-9-15(14)10-23-17/h3-8,10H,9H2,1-2H3,(H,24,29)(H,23,25,27). The number of nitrogens with one attached hydrogen (secondary N) is 2. The minimum atomic E-state index is -0.346. The summed E-state index contributed by atoms with van der Waals surface area (Å²) >= 11 is 1.40. The van der Waals surface area contributed by atoms with Crippen LogP contribution in [0, 0.1) is 13.8 Å². The Labute approximate surface area is 181 Å². The molecule has 1 aliphatic heterocycles. The fourth-order valence-electron chi connectivity index (χ4n) is 3.11. The van der Waals surface area contributed by atoms with Crippen molar-refractivity contribution in [2.24, 2.45) is 4.99 Å². The molecule has 0 bridgehead atoms. The van der Waals surface area contributed by atoms with Crippen LogP contribution in [-0.2, 0) is 6.54 Å². The lowest BCUT2D eigenvalue weighted by Gasteiger charge is -2.05. The van der Waals surface area contributed by atoms with Gasteiger partial charge in [0.25, 0.3) is 5.91 Å². The largest absolute Gasteiger partial charge is 0.350 e. The summed E-state index contributed by atoms with van der Waals surface area (Å²) in [6.45, 7) is 4.27. The molecule has 4 aromatic rings. The van der Waals surface area contributed by atoms with Gasteiger partial charge >= 0.3 is 0 Å². The number of anilines is 3. The average Bonchev–Trinajstić information content (AvgIpc) is 3.49. The molecule has 0 fully saturated rings. The number of hydrogen-bond acceptors (Lipinski definition) is 9. The first-order chi connectivity index (χ1) is 15.1. The number of aromatic nitrogens is 4. The molecule has 0 saturated carbocycles. The van der Waals surface area contributed by atoms with Crippen LogP contribution >= 0.6 is 11.3 Å². The van der Waals surface area contributed by atoms with Crippen LogP contribution in [0.2, 0.25) is 0 Å². The summed E-state index contributed by atoms with van der Waals surface area (Å²) in [6, 6.07) is 9.34. The Hall–Kier alpha value is -3.92. The molecule has 3 aromatic heterocycles. The van der Waals surface area contributed by atoms with Gasteiger partial charge in [0.2, 0.25) is 10.9 Å². The summed E-state index contributed by atoms with van der Waals surface area (Å²) in [6.07, 6.45) is 3.66. The highest BCUT2D eigenvalue weighted by Crippen LogP contribution is 2.30. The van der Waals surface area contributed by atoms with E-state index in [-0.39, 0.29) is 11.7 Å². The number of carbonyl (C=O) groups excluding carboxylic acids is 1. The first kappa shape index (κ1) is 19.1. The van der Waals surface area contributed by atoms with E-state index in [4.69, 9.17) is 4.52 Å². The SMILES string of the molecule is Cc1noc(C(=O)Nc2cccc(-c3nnc(Nc4cc5c(cn4)CN=C5)s3)c2)c1C. The van der Waals surface area contributed by atoms with Gasteiger partial charge in [0.05, 0.1) is 12.2 Å². The number of nitrogens with zero attached hydrogens (tertiary/aromatic N) is 5. The molecule has 5 rings (SSSR count). The predicted molar refractivity (Wildman–Crippen MR) is 118 cm³/mol. The van der Waals surface area contributed by atoms with Crippen LogP contribution in [0.15, 0.2) is 46.0 Å². The van der Waals surface area contributed by atoms with Crippen LogP contribution in [0.5, 0.6) is 0 Å². The second kappa shape index (κ2) is 7.73. The molecule has 0 unspecified atom stereocenters. The van der Waals surface area contributed by atoms with E-state index < -0.39 is 0 Å². The van der Waals surface area contributed by atoms with Crippen molar-refractivity contribution >= 4 is 40.1 Å². The fourth-order valence-corrected chi connectivity index (χ4v) is 3.85. The van der Waals surface area contributed by atoms with E-state index >= 15 is 0 Å². The minimum absolute atomic E-state index is 0.206. The van der Waals surface area contributed by atoms with Gasteiger partial charge in [0, 0.05) is 40.4 Å². The first-order valence-corrected chi connectivity index (χ1v) is 10.3. The molecule has 9 nitrogen and oxygen atoms in total. The number of benzene rings is 1. The lowest BCUT2D eigenvalue weighted by atomic mass is 10.2. The van der Waals surface area contributed by atoms with Crippen LogP contribution in [0.25, 0.3) is 10.6 Å². The maximum atomic E-state index is 12.5. The van der Waals surface area contributed by atoms with Gasteiger partial charge in [-0.15, -0.1) is 10.2 Å². The maximum absolute atomic E-state index is 12.5. The van der Waals surface area contributed by atoms with Crippen molar-refractivity contribution in [1.29, 1.82) is 0 Å². The molecule has 1 aromatic carbocycles. The Bertz CT molecular complexity index is 1330. The number of aryl methyl sites for hydroxylation is 1. The molecule has 1 amide bonds. The summed E-state index contributed by atoms with van der Waals surface area (Å²) < 4.78 is 5.13. The molecule has 10 heteroatoms. The second-order valence-corrected chi connectivity index (χ2v) is 8.01. The van der Waals surface area contributed by atoms with Gasteiger partial charge in [-0.3, -0.25) is 9.79 Å². The molecular formula is C21H17N7O2S. The summed E-state index contributed by atoms with van der Waals surface area (Å²) in [5.74, 6) is 0.548. The molecule has 0 aliphatic carbocycles. The van der Waals surface area contributed by atoms with Crippen molar-refractivity contribution in [1.82, 2.24) is 20.3 Å². The number of carbonyl (C=O) groups is 1. The molecule has 0 atom stereocenters. The zero-order chi connectivity index (χ0) is 21.4. The highest BCUT2D eigenvalue weighted by Gasteiger charge is 2.17. The molecule has 0 saturated heterocycles. The van der Waals surface area contributed by atoms with Crippen molar-refractivity contribution in [3.8, 4) is 10.6 Å². The fraction of sp³-hybridized carbons (Fsp3) is 0.143. The Morgan fingerprint density at radius 1 is 1.19 bits per heavy atom. The van der Waals surface area contributed by atoms with Crippen molar-refractivity contribution in [3.63, 3.8) is 0 Å². The van der Waals surface area contributed by atoms with E-state index in [2.05, 4.69) is 36.0 Å². The third kappa shape index (κ3) is 3.80. The predicted octanol–water partition coefficient (Wildman–Crippen LogP) is 4.13. The first-order valence-electron chi connectivity index (χ1n) is 9.51. The normalized spacial score (nSPS) is 12.1. The Morgan fingerprint density at radius 3 is 2.94 bits per heavy atom. The van der Waals surface area contributed by atoms with Gasteiger partial charge in [0.1, 0.15) is 10.8 Å². The van der Waals surface area contributed by atoms with Crippen molar-refractivity contribution in [3.05, 3.63) is 64.7 Å².